The molecule has 1 heterocycles. The van der Waals surface area contributed by atoms with E-state index in [1.165, 1.54) is 5.56 Å². The van der Waals surface area contributed by atoms with Crippen LogP contribution in [0.4, 0.5) is 0 Å². The number of carbonyl (C=O) groups is 1. The molecule has 1 saturated heterocycles. The van der Waals surface area contributed by atoms with Crippen molar-refractivity contribution in [1.29, 1.82) is 0 Å². The van der Waals surface area contributed by atoms with Crippen LogP contribution in [0.5, 0.6) is 0 Å². The minimum atomic E-state index is -0.640. The van der Waals surface area contributed by atoms with Crippen molar-refractivity contribution in [2.45, 2.75) is 63.4 Å². The number of ether oxygens (including phenoxy) is 2. The number of halogens is 1. The van der Waals surface area contributed by atoms with Gasteiger partial charge in [-0.25, -0.2) is 0 Å². The zero-order chi connectivity index (χ0) is 16.5. The highest BCUT2D eigenvalue weighted by molar-refractivity contribution is 9.12. The summed E-state index contributed by atoms with van der Waals surface area (Å²) in [4.78, 5) is 12.0. The summed E-state index contributed by atoms with van der Waals surface area (Å²) in [6, 6.07) is 10.5. The Balaban J connectivity index is 1.59. The lowest BCUT2D eigenvalue weighted by atomic mass is 9.91. The first-order valence-corrected chi connectivity index (χ1v) is 9.03. The summed E-state index contributed by atoms with van der Waals surface area (Å²) in [6.45, 7) is 3.84. The van der Waals surface area contributed by atoms with Crippen molar-refractivity contribution in [1.82, 2.24) is 0 Å². The molecule has 23 heavy (non-hydrogen) atoms. The van der Waals surface area contributed by atoms with E-state index in [-0.39, 0.29) is 11.9 Å². The highest BCUT2D eigenvalue weighted by Crippen LogP contribution is 2.46. The summed E-state index contributed by atoms with van der Waals surface area (Å²) < 4.78 is 12.8. The zero-order valence-corrected chi connectivity index (χ0v) is 15.3. The Hall–Kier alpha value is -0.970. The quantitative estimate of drug-likeness (QED) is 0.705. The van der Waals surface area contributed by atoms with E-state index >= 15 is 0 Å². The second-order valence-electron chi connectivity index (χ2n) is 6.89. The average Bonchev–Trinajstić information content (AvgIpc) is 2.91. The lowest BCUT2D eigenvalue weighted by Crippen LogP contribution is -2.37. The van der Waals surface area contributed by atoms with Gasteiger partial charge in [-0.1, -0.05) is 36.8 Å². The first-order chi connectivity index (χ1) is 10.9. The summed E-state index contributed by atoms with van der Waals surface area (Å²) in [6.07, 6.45) is 6.36. The van der Waals surface area contributed by atoms with E-state index in [1.54, 1.807) is 0 Å². The third-order valence-corrected chi connectivity index (χ3v) is 5.18. The smallest absolute Gasteiger partial charge is 0.172 e. The normalized spacial score (nSPS) is 29.3. The van der Waals surface area contributed by atoms with E-state index in [9.17, 15) is 4.79 Å². The Morgan fingerprint density at radius 1 is 1.22 bits per heavy atom. The van der Waals surface area contributed by atoms with Gasteiger partial charge >= 0.3 is 0 Å². The Morgan fingerprint density at radius 3 is 2.61 bits per heavy atom. The van der Waals surface area contributed by atoms with E-state index in [4.69, 9.17) is 9.47 Å². The molecular weight excluding hydrogens is 356 g/mol. The van der Waals surface area contributed by atoms with Crippen molar-refractivity contribution in [3.63, 3.8) is 0 Å². The number of unbranched alkanes of at least 4 members (excludes halogenated alkanes) is 1. The van der Waals surface area contributed by atoms with Crippen LogP contribution in [0.2, 0.25) is 0 Å². The standard InChI is InChI=1S/C19H23BrO3/c1-18(2)22-17(19(23-18)12-15(20)16(21)13-19)11-7-6-10-14-8-4-3-5-9-14/h3-5,8-9,12,17H,6-7,10-11,13H2,1-2H3/t17-,19-/m1/s1. The lowest BCUT2D eigenvalue weighted by Gasteiger charge is -2.25. The van der Waals surface area contributed by atoms with Crippen LogP contribution in [0.1, 0.15) is 45.1 Å². The average molecular weight is 379 g/mol. The minimum absolute atomic E-state index is 0.0627. The van der Waals surface area contributed by atoms with Gasteiger partial charge in [0.25, 0.3) is 0 Å². The fraction of sp³-hybridized carbons (Fsp3) is 0.526. The Morgan fingerprint density at radius 2 is 1.96 bits per heavy atom. The molecular formula is C19H23BrO3. The van der Waals surface area contributed by atoms with Gasteiger partial charge in [0.05, 0.1) is 10.6 Å². The third-order valence-electron chi connectivity index (χ3n) is 4.51. The van der Waals surface area contributed by atoms with Gasteiger partial charge < -0.3 is 9.47 Å². The Labute approximate surface area is 146 Å². The molecule has 1 aliphatic heterocycles. The van der Waals surface area contributed by atoms with Gasteiger partial charge in [-0.05, 0) is 60.7 Å². The van der Waals surface area contributed by atoms with Crippen LogP contribution in [0.3, 0.4) is 0 Å². The molecule has 0 amide bonds. The van der Waals surface area contributed by atoms with E-state index in [1.807, 2.05) is 26.0 Å². The van der Waals surface area contributed by atoms with Gasteiger partial charge in [-0.2, -0.15) is 0 Å². The van der Waals surface area contributed by atoms with Crippen LogP contribution in [-0.4, -0.2) is 23.3 Å². The second-order valence-corrected chi connectivity index (χ2v) is 7.74. The van der Waals surface area contributed by atoms with Gasteiger partial charge in [0.2, 0.25) is 0 Å². The van der Waals surface area contributed by atoms with Crippen LogP contribution in [0, 0.1) is 0 Å². The topological polar surface area (TPSA) is 35.5 Å². The number of allylic oxidation sites excluding steroid dienone is 1. The molecule has 3 rings (SSSR count). The number of hydrogen-bond acceptors (Lipinski definition) is 3. The maximum absolute atomic E-state index is 12.0. The second kappa shape index (κ2) is 6.50. The van der Waals surface area contributed by atoms with Crippen molar-refractivity contribution in [2.24, 2.45) is 0 Å². The summed E-state index contributed by atoms with van der Waals surface area (Å²) in [5, 5.41) is 0. The molecule has 1 spiro atoms. The van der Waals surface area contributed by atoms with Crippen LogP contribution in [0.15, 0.2) is 40.9 Å². The summed E-state index contributed by atoms with van der Waals surface area (Å²) >= 11 is 3.34. The van der Waals surface area contributed by atoms with E-state index in [0.29, 0.717) is 10.9 Å². The molecule has 1 aromatic carbocycles. The molecule has 0 N–H and O–H groups in total. The Kier molecular flexibility index (Phi) is 4.77. The van der Waals surface area contributed by atoms with Crippen molar-refractivity contribution in [2.75, 3.05) is 0 Å². The molecule has 4 heteroatoms. The molecule has 3 nitrogen and oxygen atoms in total. The monoisotopic (exact) mass is 378 g/mol. The molecule has 1 aromatic rings. The van der Waals surface area contributed by atoms with Gasteiger partial charge in [0.15, 0.2) is 11.6 Å². The van der Waals surface area contributed by atoms with Crippen molar-refractivity contribution < 1.29 is 14.3 Å². The van der Waals surface area contributed by atoms with Crippen LogP contribution in [-0.2, 0) is 20.7 Å². The highest BCUT2D eigenvalue weighted by Gasteiger charge is 2.55. The molecule has 2 atom stereocenters. The maximum atomic E-state index is 12.0. The summed E-state index contributed by atoms with van der Waals surface area (Å²) in [5.74, 6) is -0.543. The molecule has 2 aliphatic rings. The largest absolute Gasteiger partial charge is 0.344 e. The number of carbonyl (C=O) groups excluding carboxylic acids is 1. The van der Waals surface area contributed by atoms with Gasteiger partial charge in [-0.3, -0.25) is 4.79 Å². The summed E-state index contributed by atoms with van der Waals surface area (Å²) in [5.41, 5.74) is 0.774. The van der Waals surface area contributed by atoms with E-state index < -0.39 is 11.4 Å². The van der Waals surface area contributed by atoms with Crippen molar-refractivity contribution in [3.05, 3.63) is 46.5 Å². The molecule has 1 fully saturated rings. The number of Topliss-reactive ketones (excluding diaryl/α,β-unsaturated/α-hetero) is 1. The number of aryl methyl sites for hydroxylation is 1. The highest BCUT2D eigenvalue weighted by atomic mass is 79.9. The van der Waals surface area contributed by atoms with Gasteiger partial charge in [-0.15, -0.1) is 0 Å². The predicted molar refractivity (Wildman–Crippen MR) is 93.4 cm³/mol. The molecule has 0 saturated carbocycles. The van der Waals surface area contributed by atoms with Crippen molar-refractivity contribution in [3.8, 4) is 0 Å². The van der Waals surface area contributed by atoms with Crippen molar-refractivity contribution >= 4 is 21.7 Å². The molecule has 0 bridgehead atoms. The van der Waals surface area contributed by atoms with Gasteiger partial charge in [0, 0.05) is 6.42 Å². The number of hydrogen-bond donors (Lipinski definition) is 0. The molecule has 1 aliphatic carbocycles. The summed E-state index contributed by atoms with van der Waals surface area (Å²) in [7, 11) is 0. The number of benzene rings is 1. The lowest BCUT2D eigenvalue weighted by molar-refractivity contribution is -0.156. The fourth-order valence-electron chi connectivity index (χ4n) is 3.55. The minimum Gasteiger partial charge on any atom is -0.344 e. The predicted octanol–water partition coefficient (Wildman–Crippen LogP) is 4.54. The molecule has 0 aromatic heterocycles. The molecule has 0 unspecified atom stereocenters. The van der Waals surface area contributed by atoms with Crippen LogP contribution in [0.25, 0.3) is 0 Å². The Bertz CT molecular complexity index is 608. The maximum Gasteiger partial charge on any atom is 0.172 e. The van der Waals surface area contributed by atoms with E-state index in [2.05, 4.69) is 40.2 Å². The number of rotatable bonds is 5. The molecule has 0 radical (unpaired) electrons. The zero-order valence-electron chi connectivity index (χ0n) is 13.7. The fourth-order valence-corrected chi connectivity index (χ4v) is 4.08. The third kappa shape index (κ3) is 3.76. The number of ketones is 1. The van der Waals surface area contributed by atoms with Gasteiger partial charge in [0.1, 0.15) is 5.60 Å². The van der Waals surface area contributed by atoms with Crippen LogP contribution >= 0.6 is 15.9 Å². The first-order valence-electron chi connectivity index (χ1n) is 8.24. The van der Waals surface area contributed by atoms with Crippen LogP contribution < -0.4 is 0 Å². The van der Waals surface area contributed by atoms with E-state index in [0.717, 1.165) is 25.7 Å². The first kappa shape index (κ1) is 16.9. The molecule has 124 valence electrons. The SMILES string of the molecule is CC1(C)O[C@H](CCCCc2ccccc2)[C@]2(C=C(Br)C(=O)C2)O1.